The number of carboxylic acid groups (broad SMARTS) is 1. The van der Waals surface area contributed by atoms with Crippen LogP contribution in [0.2, 0.25) is 0 Å². The summed E-state index contributed by atoms with van der Waals surface area (Å²) in [6.45, 7) is 10.1. The van der Waals surface area contributed by atoms with E-state index < -0.39 is 124 Å². The van der Waals surface area contributed by atoms with E-state index in [4.69, 9.17) is 29.4 Å². The Morgan fingerprint density at radius 1 is 0.937 bits per heavy atom. The molecule has 2 aromatic carbocycles. The van der Waals surface area contributed by atoms with Crippen molar-refractivity contribution in [2.75, 3.05) is 6.61 Å². The van der Waals surface area contributed by atoms with Crippen molar-refractivity contribution >= 4 is 41.5 Å². The third kappa shape index (κ3) is 8.27. The lowest BCUT2D eigenvalue weighted by atomic mass is 9.42. The standard InChI is InChI=1S/C46H56N2O15/c1-23-30(61-42(57)36(52)35(27-14-10-8-11-15-27)48-40(54)28-16-12-9-13-17-28)21-46(58)24(2)38-44(7,39(53)37(60-25(3)49)34(23)43(46,5)6)31(62-33(51)19-18-29(47)41(55)56)20-32-45(38,22-59-32)63-26(4)50/h8-17,24,29-32,35-38,52,58H,18-22,47H2,1-7H3,(H,48,54)(H,55,56)/t24-,29?,30-,31-,32+,35-,36+,37+,38-,44+,45-,46+/m0/s1. The minimum absolute atomic E-state index is 0.0956. The molecule has 1 aliphatic heterocycles. The van der Waals surface area contributed by atoms with Crippen molar-refractivity contribution in [2.24, 2.45) is 28.4 Å². The topological polar surface area (TPSA) is 264 Å². The van der Waals surface area contributed by atoms with Crippen molar-refractivity contribution in [3.8, 4) is 0 Å². The lowest BCUT2D eigenvalue weighted by Gasteiger charge is -2.68. The van der Waals surface area contributed by atoms with Crippen molar-refractivity contribution < 1.29 is 72.6 Å². The maximum absolute atomic E-state index is 15.7. The zero-order valence-corrected chi connectivity index (χ0v) is 36.3. The molecule has 340 valence electrons. The first-order valence-corrected chi connectivity index (χ1v) is 20.9. The average molecular weight is 877 g/mol. The maximum atomic E-state index is 15.7. The number of nitrogens with one attached hydrogen (secondary N) is 1. The Kier molecular flexibility index (Phi) is 13.1. The quantitative estimate of drug-likeness (QED) is 0.110. The highest BCUT2D eigenvalue weighted by Crippen LogP contribution is 2.66. The first kappa shape index (κ1) is 47.0. The Hall–Kier alpha value is -5.49. The largest absolute Gasteiger partial charge is 0.480 e. The number of carbonyl (C=O) groups excluding carboxylic acids is 6. The van der Waals surface area contributed by atoms with Crippen molar-refractivity contribution in [1.29, 1.82) is 0 Å². The Balaban J connectivity index is 1.45. The molecule has 6 rings (SSSR count). The third-order valence-electron chi connectivity index (χ3n) is 13.9. The van der Waals surface area contributed by atoms with E-state index in [1.54, 1.807) is 88.4 Å². The number of Topliss-reactive ketones (excluding diaryl/α,β-unsaturated/α-hetero) is 1. The predicted molar refractivity (Wildman–Crippen MR) is 220 cm³/mol. The number of aliphatic hydroxyl groups is 2. The second-order valence-electron chi connectivity index (χ2n) is 17.9. The molecule has 2 bridgehead atoms. The van der Waals surface area contributed by atoms with Gasteiger partial charge in [-0.3, -0.25) is 28.8 Å². The highest BCUT2D eigenvalue weighted by molar-refractivity contribution is 5.96. The normalized spacial score (nSPS) is 32.1. The van der Waals surface area contributed by atoms with Crippen LogP contribution in [0.5, 0.6) is 0 Å². The number of ketones is 1. The molecule has 3 aliphatic carbocycles. The molecular formula is C46H56N2O15. The number of benzene rings is 2. The Labute approximate surface area is 364 Å². The summed E-state index contributed by atoms with van der Waals surface area (Å²) in [5.74, 6) is -8.63. The van der Waals surface area contributed by atoms with E-state index in [2.05, 4.69) is 5.32 Å². The smallest absolute Gasteiger partial charge is 0.338 e. The summed E-state index contributed by atoms with van der Waals surface area (Å²) in [6, 6.07) is 13.8. The molecule has 6 N–H and O–H groups in total. The summed E-state index contributed by atoms with van der Waals surface area (Å²) in [5, 5.41) is 37.2. The van der Waals surface area contributed by atoms with Gasteiger partial charge in [0.05, 0.1) is 23.7 Å². The van der Waals surface area contributed by atoms with Gasteiger partial charge in [0, 0.05) is 50.0 Å². The highest BCUT2D eigenvalue weighted by atomic mass is 16.6. The van der Waals surface area contributed by atoms with Gasteiger partial charge in [-0.1, -0.05) is 69.3 Å². The number of fused-ring (bicyclic) bond motifs is 5. The van der Waals surface area contributed by atoms with Crippen LogP contribution in [0.25, 0.3) is 0 Å². The molecule has 63 heavy (non-hydrogen) atoms. The van der Waals surface area contributed by atoms with Crippen LogP contribution < -0.4 is 11.1 Å². The van der Waals surface area contributed by atoms with Crippen LogP contribution in [0.3, 0.4) is 0 Å². The molecule has 2 saturated carbocycles. The van der Waals surface area contributed by atoms with Crippen LogP contribution in [0, 0.1) is 22.7 Å². The van der Waals surface area contributed by atoms with E-state index in [0.29, 0.717) is 5.56 Å². The number of hydrogen-bond donors (Lipinski definition) is 5. The fourth-order valence-corrected chi connectivity index (χ4v) is 10.7. The molecule has 1 saturated heterocycles. The van der Waals surface area contributed by atoms with E-state index >= 15 is 4.79 Å². The number of ether oxygens (including phenoxy) is 5. The molecule has 0 radical (unpaired) electrons. The molecule has 1 heterocycles. The van der Waals surface area contributed by atoms with Crippen LogP contribution >= 0.6 is 0 Å². The van der Waals surface area contributed by atoms with Gasteiger partial charge >= 0.3 is 29.8 Å². The van der Waals surface area contributed by atoms with Gasteiger partial charge in [-0.25, -0.2) is 4.79 Å². The van der Waals surface area contributed by atoms with Gasteiger partial charge in [0.1, 0.15) is 24.4 Å². The molecule has 1 amide bonds. The zero-order valence-electron chi connectivity index (χ0n) is 36.3. The minimum atomic E-state index is -2.00. The molecule has 4 aliphatic rings. The molecule has 3 fully saturated rings. The molecule has 17 heteroatoms. The first-order chi connectivity index (χ1) is 29.5. The van der Waals surface area contributed by atoms with Gasteiger partial charge in [0.15, 0.2) is 23.6 Å². The maximum Gasteiger partial charge on any atom is 0.338 e. The number of carbonyl (C=O) groups is 7. The van der Waals surface area contributed by atoms with Crippen LogP contribution in [0.15, 0.2) is 71.8 Å². The number of aliphatic carboxylic acids is 1. The van der Waals surface area contributed by atoms with E-state index in [9.17, 15) is 44.1 Å². The van der Waals surface area contributed by atoms with Gasteiger partial charge in [-0.15, -0.1) is 0 Å². The van der Waals surface area contributed by atoms with Crippen molar-refractivity contribution in [1.82, 2.24) is 5.32 Å². The lowest BCUT2D eigenvalue weighted by molar-refractivity contribution is -0.339. The summed E-state index contributed by atoms with van der Waals surface area (Å²) in [4.78, 5) is 94.1. The van der Waals surface area contributed by atoms with Crippen LogP contribution in [-0.2, 0) is 52.5 Å². The van der Waals surface area contributed by atoms with E-state index in [1.165, 1.54) is 13.8 Å². The van der Waals surface area contributed by atoms with Gasteiger partial charge in [-0.05, 0) is 55.0 Å². The molecule has 2 aromatic rings. The number of carboxylic acids is 1. The fraction of sp³-hybridized carbons (Fsp3) is 0.543. The van der Waals surface area contributed by atoms with Crippen molar-refractivity contribution in [2.45, 2.75) is 128 Å². The second-order valence-corrected chi connectivity index (χ2v) is 17.9. The monoisotopic (exact) mass is 876 g/mol. The molecular weight excluding hydrogens is 821 g/mol. The lowest BCUT2D eigenvalue weighted by Crippen LogP contribution is -2.80. The average Bonchev–Trinajstić information content (AvgIpc) is 3.22. The molecule has 0 aromatic heterocycles. The van der Waals surface area contributed by atoms with E-state index in [-0.39, 0.29) is 42.6 Å². The van der Waals surface area contributed by atoms with E-state index in [1.807, 2.05) is 0 Å². The SMILES string of the molecule is CC(=O)O[C@H]1C(=O)[C@]2(C)[C@@H](OC(=O)CCC(N)C(=O)O)C[C@H]3OC[C@@]3(OC(C)=O)[C@H]2[C@H](C)[C@]2(O)C[C@H](OC(=O)[C@H](O)[C@@H](NC(=O)c3ccccc3)c3ccccc3)C(C)=C1C2(C)C. The Morgan fingerprint density at radius 3 is 2.11 bits per heavy atom. The zero-order chi connectivity index (χ0) is 46.4. The third-order valence-corrected chi connectivity index (χ3v) is 13.9. The minimum Gasteiger partial charge on any atom is -0.480 e. The molecule has 12 atom stereocenters. The molecule has 17 nitrogen and oxygen atoms in total. The number of amides is 1. The van der Waals surface area contributed by atoms with E-state index in [0.717, 1.165) is 6.92 Å². The number of hydrogen-bond acceptors (Lipinski definition) is 15. The van der Waals surface area contributed by atoms with Gasteiger partial charge in [-0.2, -0.15) is 0 Å². The van der Waals surface area contributed by atoms with Crippen LogP contribution in [0.4, 0.5) is 0 Å². The molecule has 1 unspecified atom stereocenters. The summed E-state index contributed by atoms with van der Waals surface area (Å²) in [7, 11) is 0. The number of aliphatic hydroxyl groups excluding tert-OH is 1. The predicted octanol–water partition coefficient (Wildman–Crippen LogP) is 2.89. The summed E-state index contributed by atoms with van der Waals surface area (Å²) < 4.78 is 30.1. The van der Waals surface area contributed by atoms with Gasteiger partial charge < -0.3 is 50.1 Å². The first-order valence-electron chi connectivity index (χ1n) is 20.9. The van der Waals surface area contributed by atoms with Gasteiger partial charge in [0.25, 0.3) is 5.91 Å². The van der Waals surface area contributed by atoms with Crippen molar-refractivity contribution in [3.05, 3.63) is 82.9 Å². The second kappa shape index (κ2) is 17.6. The van der Waals surface area contributed by atoms with Crippen molar-refractivity contribution in [3.63, 3.8) is 0 Å². The molecule has 0 spiro atoms. The summed E-state index contributed by atoms with van der Waals surface area (Å²) >= 11 is 0. The Morgan fingerprint density at radius 2 is 1.56 bits per heavy atom. The fourth-order valence-electron chi connectivity index (χ4n) is 10.7. The number of nitrogens with two attached hydrogens (primary N) is 1. The van der Waals surface area contributed by atoms with Crippen LogP contribution in [0.1, 0.15) is 96.1 Å². The Bertz CT molecular complexity index is 2180. The highest BCUT2D eigenvalue weighted by Gasteiger charge is 2.77. The summed E-state index contributed by atoms with van der Waals surface area (Å²) in [6.07, 6.45) is -8.62. The number of rotatable bonds is 13. The number of esters is 4. The summed E-state index contributed by atoms with van der Waals surface area (Å²) in [5.41, 5.74) is -0.266. The van der Waals surface area contributed by atoms with Gasteiger partial charge in [0.2, 0.25) is 0 Å². The van der Waals surface area contributed by atoms with Crippen LogP contribution in [-0.4, -0.2) is 111 Å².